The van der Waals surface area contributed by atoms with Crippen LogP contribution in [0.4, 0.5) is 5.69 Å². The third-order valence-corrected chi connectivity index (χ3v) is 3.29. The predicted molar refractivity (Wildman–Crippen MR) is 69.3 cm³/mol. The lowest BCUT2D eigenvalue weighted by Gasteiger charge is -2.32. The zero-order valence-corrected chi connectivity index (χ0v) is 10.6. The molecule has 1 fully saturated rings. The van der Waals surface area contributed by atoms with Crippen molar-refractivity contribution in [3.05, 3.63) is 24.0 Å². The largest absolute Gasteiger partial charge is 0.480 e. The number of nitrogens with zero attached hydrogens (tertiary/aromatic N) is 2. The van der Waals surface area contributed by atoms with Crippen LogP contribution in [0.25, 0.3) is 0 Å². The molecule has 102 valence electrons. The number of hydrogen-bond acceptors (Lipinski definition) is 4. The highest BCUT2D eigenvalue weighted by atomic mass is 16.4. The van der Waals surface area contributed by atoms with Crippen molar-refractivity contribution in [2.45, 2.75) is 31.7 Å². The van der Waals surface area contributed by atoms with Crippen molar-refractivity contribution >= 4 is 17.6 Å². The molecule has 6 nitrogen and oxygen atoms in total. The lowest BCUT2D eigenvalue weighted by atomic mass is 10.0. The number of rotatable bonds is 3. The van der Waals surface area contributed by atoms with Crippen molar-refractivity contribution in [1.29, 1.82) is 0 Å². The van der Waals surface area contributed by atoms with Crippen LogP contribution in [-0.2, 0) is 16.0 Å². The maximum atomic E-state index is 12.2. The Kier molecular flexibility index (Phi) is 3.99. The molecule has 1 atom stereocenters. The van der Waals surface area contributed by atoms with Crippen molar-refractivity contribution in [1.82, 2.24) is 9.88 Å². The van der Waals surface area contributed by atoms with E-state index in [0.717, 1.165) is 12.8 Å². The van der Waals surface area contributed by atoms with Gasteiger partial charge < -0.3 is 15.7 Å². The number of amides is 1. The lowest BCUT2D eigenvalue weighted by molar-refractivity contribution is -0.151. The number of carboxylic acids is 1. The van der Waals surface area contributed by atoms with Crippen LogP contribution in [0.15, 0.2) is 18.3 Å². The van der Waals surface area contributed by atoms with Crippen LogP contribution in [0.1, 0.15) is 25.0 Å². The molecule has 6 heteroatoms. The third-order valence-electron chi connectivity index (χ3n) is 3.29. The van der Waals surface area contributed by atoms with E-state index < -0.39 is 12.0 Å². The molecule has 0 unspecified atom stereocenters. The SMILES string of the molecule is Nc1ccc(CC(=O)N2CCCC[C@H]2C(=O)O)nc1. The normalized spacial score (nSPS) is 19.2. The van der Waals surface area contributed by atoms with E-state index in [0.29, 0.717) is 24.3 Å². The summed E-state index contributed by atoms with van der Waals surface area (Å²) in [5.41, 5.74) is 6.67. The van der Waals surface area contributed by atoms with Crippen LogP contribution in [-0.4, -0.2) is 39.5 Å². The number of nitrogen functional groups attached to an aromatic ring is 1. The summed E-state index contributed by atoms with van der Waals surface area (Å²) in [7, 11) is 0. The summed E-state index contributed by atoms with van der Waals surface area (Å²) in [6.45, 7) is 0.505. The first-order chi connectivity index (χ1) is 9.08. The zero-order valence-electron chi connectivity index (χ0n) is 10.6. The standard InChI is InChI=1S/C13H17N3O3/c14-9-4-5-10(15-8-9)7-12(17)16-6-2-1-3-11(16)13(18)19/h4-5,8,11H,1-3,6-7,14H2,(H,18,19)/t11-/m0/s1. The van der Waals surface area contributed by atoms with Crippen LogP contribution in [0.2, 0.25) is 0 Å². The number of aromatic nitrogens is 1. The second-order valence-corrected chi connectivity index (χ2v) is 4.70. The smallest absolute Gasteiger partial charge is 0.326 e. The molecule has 1 aromatic heterocycles. The minimum absolute atomic E-state index is 0.115. The number of piperidine rings is 1. The molecular formula is C13H17N3O3. The van der Waals surface area contributed by atoms with Gasteiger partial charge in [0.1, 0.15) is 6.04 Å². The van der Waals surface area contributed by atoms with Gasteiger partial charge >= 0.3 is 5.97 Å². The summed E-state index contributed by atoms with van der Waals surface area (Å²) in [6.07, 6.45) is 3.83. The molecule has 1 aliphatic heterocycles. The van der Waals surface area contributed by atoms with Gasteiger partial charge in [0.2, 0.25) is 5.91 Å². The van der Waals surface area contributed by atoms with Gasteiger partial charge in [-0.15, -0.1) is 0 Å². The first-order valence-corrected chi connectivity index (χ1v) is 6.30. The molecule has 0 spiro atoms. The monoisotopic (exact) mass is 263 g/mol. The van der Waals surface area contributed by atoms with Gasteiger partial charge in [-0.05, 0) is 31.4 Å². The minimum atomic E-state index is -0.932. The summed E-state index contributed by atoms with van der Waals surface area (Å²) in [6, 6.07) is 2.67. The third kappa shape index (κ3) is 3.21. The van der Waals surface area contributed by atoms with Gasteiger partial charge in [-0.1, -0.05) is 0 Å². The van der Waals surface area contributed by atoms with E-state index in [1.165, 1.54) is 11.1 Å². The number of carbonyl (C=O) groups excluding carboxylic acids is 1. The molecule has 0 saturated carbocycles. The number of hydrogen-bond donors (Lipinski definition) is 2. The Hall–Kier alpha value is -2.11. The molecule has 2 rings (SSSR count). The topological polar surface area (TPSA) is 96.5 Å². The van der Waals surface area contributed by atoms with E-state index in [2.05, 4.69) is 4.98 Å². The van der Waals surface area contributed by atoms with Gasteiger partial charge in [-0.25, -0.2) is 4.79 Å². The Balaban J connectivity index is 2.05. The molecule has 0 bridgehead atoms. The summed E-state index contributed by atoms with van der Waals surface area (Å²) in [4.78, 5) is 28.8. The Morgan fingerprint density at radius 3 is 2.84 bits per heavy atom. The average molecular weight is 263 g/mol. The number of likely N-dealkylation sites (tertiary alicyclic amines) is 1. The molecule has 1 aromatic rings. The van der Waals surface area contributed by atoms with Crippen molar-refractivity contribution in [3.63, 3.8) is 0 Å². The number of pyridine rings is 1. The summed E-state index contributed by atoms with van der Waals surface area (Å²) in [5.74, 6) is -1.12. The van der Waals surface area contributed by atoms with E-state index in [1.54, 1.807) is 12.1 Å². The maximum absolute atomic E-state index is 12.2. The number of aliphatic carboxylic acids is 1. The molecule has 1 amide bonds. The van der Waals surface area contributed by atoms with Gasteiger partial charge in [-0.2, -0.15) is 0 Å². The number of nitrogens with two attached hydrogens (primary N) is 1. The molecule has 3 N–H and O–H groups in total. The first-order valence-electron chi connectivity index (χ1n) is 6.30. The fourth-order valence-electron chi connectivity index (χ4n) is 2.28. The van der Waals surface area contributed by atoms with Gasteiger partial charge in [0.25, 0.3) is 0 Å². The van der Waals surface area contributed by atoms with Gasteiger partial charge in [0.05, 0.1) is 18.3 Å². The second kappa shape index (κ2) is 5.69. The van der Waals surface area contributed by atoms with E-state index >= 15 is 0 Å². The van der Waals surface area contributed by atoms with Gasteiger partial charge in [0.15, 0.2) is 0 Å². The molecule has 0 aromatic carbocycles. The number of carbonyl (C=O) groups is 2. The van der Waals surface area contributed by atoms with Crippen LogP contribution >= 0.6 is 0 Å². The Morgan fingerprint density at radius 1 is 1.42 bits per heavy atom. The number of anilines is 1. The maximum Gasteiger partial charge on any atom is 0.326 e. The summed E-state index contributed by atoms with van der Waals surface area (Å²) < 4.78 is 0. The van der Waals surface area contributed by atoms with E-state index in [-0.39, 0.29) is 12.3 Å². The fourth-order valence-corrected chi connectivity index (χ4v) is 2.28. The van der Waals surface area contributed by atoms with Crippen molar-refractivity contribution in [3.8, 4) is 0 Å². The number of carboxylic acid groups (broad SMARTS) is 1. The minimum Gasteiger partial charge on any atom is -0.480 e. The molecular weight excluding hydrogens is 246 g/mol. The highest BCUT2D eigenvalue weighted by Gasteiger charge is 2.31. The second-order valence-electron chi connectivity index (χ2n) is 4.70. The molecule has 0 radical (unpaired) electrons. The Morgan fingerprint density at radius 2 is 2.21 bits per heavy atom. The molecule has 2 heterocycles. The highest BCUT2D eigenvalue weighted by molar-refractivity contribution is 5.85. The van der Waals surface area contributed by atoms with Gasteiger partial charge in [0, 0.05) is 12.2 Å². The van der Waals surface area contributed by atoms with Crippen LogP contribution in [0, 0.1) is 0 Å². The Labute approximate surface area is 111 Å². The molecule has 1 saturated heterocycles. The molecule has 0 aliphatic carbocycles. The fraction of sp³-hybridized carbons (Fsp3) is 0.462. The van der Waals surface area contributed by atoms with Crippen LogP contribution in [0.3, 0.4) is 0 Å². The highest BCUT2D eigenvalue weighted by Crippen LogP contribution is 2.18. The van der Waals surface area contributed by atoms with Crippen molar-refractivity contribution in [2.75, 3.05) is 12.3 Å². The van der Waals surface area contributed by atoms with Gasteiger partial charge in [-0.3, -0.25) is 9.78 Å². The Bertz CT molecular complexity index is 473. The zero-order chi connectivity index (χ0) is 13.8. The van der Waals surface area contributed by atoms with Crippen molar-refractivity contribution in [2.24, 2.45) is 0 Å². The van der Waals surface area contributed by atoms with Crippen LogP contribution in [0.5, 0.6) is 0 Å². The first kappa shape index (κ1) is 13.3. The lowest BCUT2D eigenvalue weighted by Crippen LogP contribution is -2.48. The summed E-state index contributed by atoms with van der Waals surface area (Å²) in [5, 5.41) is 9.13. The molecule has 19 heavy (non-hydrogen) atoms. The predicted octanol–water partition coefficient (Wildman–Crippen LogP) is 0.672. The van der Waals surface area contributed by atoms with E-state index in [4.69, 9.17) is 10.8 Å². The van der Waals surface area contributed by atoms with E-state index in [9.17, 15) is 9.59 Å². The van der Waals surface area contributed by atoms with Crippen LogP contribution < -0.4 is 5.73 Å². The van der Waals surface area contributed by atoms with Crippen molar-refractivity contribution < 1.29 is 14.7 Å². The van der Waals surface area contributed by atoms with E-state index in [1.807, 2.05) is 0 Å². The summed E-state index contributed by atoms with van der Waals surface area (Å²) >= 11 is 0. The quantitative estimate of drug-likeness (QED) is 0.835. The average Bonchev–Trinajstić information content (AvgIpc) is 2.41. The molecule has 1 aliphatic rings.